The fourth-order valence-corrected chi connectivity index (χ4v) is 2.96. The molecule has 8 heteroatoms. The lowest BCUT2D eigenvalue weighted by Gasteiger charge is -2.09. The number of aromatic nitrogens is 4. The second-order valence-corrected chi connectivity index (χ2v) is 6.50. The summed E-state index contributed by atoms with van der Waals surface area (Å²) >= 11 is 0. The number of carbonyl (C=O) groups excluding carboxylic acids is 1. The van der Waals surface area contributed by atoms with Crippen molar-refractivity contribution in [2.75, 3.05) is 11.1 Å². The predicted molar refractivity (Wildman–Crippen MR) is 96.7 cm³/mol. The third-order valence-electron chi connectivity index (χ3n) is 4.77. The molecular weight excluding hydrogens is 330 g/mol. The van der Waals surface area contributed by atoms with Crippen LogP contribution in [0.3, 0.4) is 0 Å². The Balaban J connectivity index is 1.69. The van der Waals surface area contributed by atoms with E-state index in [1.807, 2.05) is 24.6 Å². The predicted octanol–water partition coefficient (Wildman–Crippen LogP) is 2.02. The van der Waals surface area contributed by atoms with E-state index in [1.54, 1.807) is 18.5 Å². The molecule has 0 bridgehead atoms. The van der Waals surface area contributed by atoms with Gasteiger partial charge in [0.15, 0.2) is 0 Å². The van der Waals surface area contributed by atoms with Crippen LogP contribution in [0.25, 0.3) is 22.2 Å². The largest absolute Gasteiger partial charge is 0.383 e. The number of nitrogen functional groups attached to an aromatic ring is 1. The molecule has 3 N–H and O–H groups in total. The minimum atomic E-state index is -0.243. The van der Waals surface area contributed by atoms with E-state index in [4.69, 9.17) is 11.0 Å². The van der Waals surface area contributed by atoms with Crippen LogP contribution in [-0.4, -0.2) is 25.4 Å². The highest BCUT2D eigenvalue weighted by molar-refractivity contribution is 5.98. The van der Waals surface area contributed by atoms with Crippen molar-refractivity contribution in [2.24, 2.45) is 18.9 Å². The molecule has 3 aromatic heterocycles. The van der Waals surface area contributed by atoms with E-state index in [0.29, 0.717) is 29.1 Å². The van der Waals surface area contributed by atoms with Crippen LogP contribution in [0.1, 0.15) is 12.2 Å². The molecule has 4 rings (SSSR count). The van der Waals surface area contributed by atoms with Gasteiger partial charge >= 0.3 is 0 Å². The average Bonchev–Trinajstić information content (AvgIpc) is 3.34. The fourth-order valence-electron chi connectivity index (χ4n) is 2.96. The Hall–Kier alpha value is -3.47. The molecule has 2 atom stereocenters. The Morgan fingerprint density at radius 2 is 2.19 bits per heavy atom. The molecule has 1 aliphatic carbocycles. The second-order valence-electron chi connectivity index (χ2n) is 6.50. The molecule has 1 amide bonds. The van der Waals surface area contributed by atoms with Gasteiger partial charge in [0.1, 0.15) is 17.5 Å². The number of aryl methyl sites for hydroxylation is 1. The Labute approximate surface area is 149 Å². The Morgan fingerprint density at radius 3 is 2.85 bits per heavy atom. The Kier molecular flexibility index (Phi) is 3.58. The van der Waals surface area contributed by atoms with Crippen molar-refractivity contribution < 1.29 is 4.79 Å². The standard InChI is InChI=1S/C18H17N7O/c1-9-21-8-15(25(9)2)14-4-10-5-16(22-7-13(10)17(20)23-14)24-18(26)12-3-11(12)6-19/h4-5,7-8,11-12H,3H2,1-2H3,(H2,20,23)(H,22,24,26)/t11-,12+/m0/s1. The SMILES string of the molecule is Cc1ncc(-c2cc3cc(NC(=O)[C@@H]4C[C@H]4C#N)ncc3c(N)n2)n1C. The maximum absolute atomic E-state index is 12.1. The summed E-state index contributed by atoms with van der Waals surface area (Å²) in [6.45, 7) is 1.91. The van der Waals surface area contributed by atoms with Crippen LogP contribution < -0.4 is 11.1 Å². The summed E-state index contributed by atoms with van der Waals surface area (Å²) in [5.74, 6) is 1.08. The zero-order chi connectivity index (χ0) is 18.4. The Morgan fingerprint density at radius 1 is 1.38 bits per heavy atom. The number of fused-ring (bicyclic) bond motifs is 1. The van der Waals surface area contributed by atoms with Crippen LogP contribution in [0, 0.1) is 30.1 Å². The first-order valence-corrected chi connectivity index (χ1v) is 8.23. The van der Waals surface area contributed by atoms with Crippen molar-refractivity contribution in [3.05, 3.63) is 30.4 Å². The lowest BCUT2D eigenvalue weighted by molar-refractivity contribution is -0.117. The lowest BCUT2D eigenvalue weighted by Crippen LogP contribution is -2.15. The van der Waals surface area contributed by atoms with Crippen LogP contribution in [0.5, 0.6) is 0 Å². The molecule has 1 fully saturated rings. The van der Waals surface area contributed by atoms with Crippen molar-refractivity contribution in [1.29, 1.82) is 5.26 Å². The van der Waals surface area contributed by atoms with Crippen LogP contribution >= 0.6 is 0 Å². The highest BCUT2D eigenvalue weighted by atomic mass is 16.2. The first kappa shape index (κ1) is 16.0. The smallest absolute Gasteiger partial charge is 0.230 e. The van der Waals surface area contributed by atoms with Gasteiger partial charge in [-0.2, -0.15) is 5.26 Å². The molecule has 1 saturated carbocycles. The van der Waals surface area contributed by atoms with Crippen molar-refractivity contribution in [3.8, 4) is 17.5 Å². The molecule has 1 aliphatic rings. The number of anilines is 2. The second kappa shape index (κ2) is 5.81. The summed E-state index contributed by atoms with van der Waals surface area (Å²) in [5.41, 5.74) is 7.65. The molecule has 3 heterocycles. The summed E-state index contributed by atoms with van der Waals surface area (Å²) in [6, 6.07) is 5.77. The zero-order valence-electron chi connectivity index (χ0n) is 14.4. The quantitative estimate of drug-likeness (QED) is 0.747. The number of nitrogens with two attached hydrogens (primary N) is 1. The van der Waals surface area contributed by atoms with E-state index in [1.165, 1.54) is 0 Å². The summed E-state index contributed by atoms with van der Waals surface area (Å²) < 4.78 is 1.94. The summed E-state index contributed by atoms with van der Waals surface area (Å²) in [7, 11) is 1.92. The maximum Gasteiger partial charge on any atom is 0.230 e. The molecular formula is C18H17N7O. The van der Waals surface area contributed by atoms with Crippen LogP contribution in [0.2, 0.25) is 0 Å². The van der Waals surface area contributed by atoms with E-state index < -0.39 is 0 Å². The minimum Gasteiger partial charge on any atom is -0.383 e. The van der Waals surface area contributed by atoms with Gasteiger partial charge in [-0.1, -0.05) is 0 Å². The number of rotatable bonds is 3. The van der Waals surface area contributed by atoms with Gasteiger partial charge in [-0.3, -0.25) is 4.79 Å². The van der Waals surface area contributed by atoms with Gasteiger partial charge in [0, 0.05) is 18.6 Å². The molecule has 3 aromatic rings. The van der Waals surface area contributed by atoms with Crippen LogP contribution in [0.15, 0.2) is 24.5 Å². The van der Waals surface area contributed by atoms with E-state index in [2.05, 4.69) is 26.3 Å². The van der Waals surface area contributed by atoms with E-state index in [9.17, 15) is 4.79 Å². The van der Waals surface area contributed by atoms with Gasteiger partial charge in [0.25, 0.3) is 0 Å². The fraction of sp³-hybridized carbons (Fsp3) is 0.278. The van der Waals surface area contributed by atoms with Gasteiger partial charge < -0.3 is 15.6 Å². The molecule has 0 spiro atoms. The number of hydrogen-bond donors (Lipinski definition) is 2. The highest BCUT2D eigenvalue weighted by Gasteiger charge is 2.43. The van der Waals surface area contributed by atoms with Crippen molar-refractivity contribution in [1.82, 2.24) is 19.5 Å². The van der Waals surface area contributed by atoms with Gasteiger partial charge in [0.05, 0.1) is 35.5 Å². The van der Waals surface area contributed by atoms with E-state index in [0.717, 1.165) is 16.9 Å². The topological polar surface area (TPSA) is 123 Å². The van der Waals surface area contributed by atoms with Gasteiger partial charge in [-0.25, -0.2) is 15.0 Å². The van der Waals surface area contributed by atoms with Crippen LogP contribution in [0.4, 0.5) is 11.6 Å². The average molecular weight is 347 g/mol. The number of nitrogens with one attached hydrogen (secondary N) is 1. The first-order valence-electron chi connectivity index (χ1n) is 8.23. The molecule has 0 saturated heterocycles. The number of hydrogen-bond acceptors (Lipinski definition) is 6. The molecule has 130 valence electrons. The van der Waals surface area contributed by atoms with Crippen molar-refractivity contribution in [3.63, 3.8) is 0 Å². The summed E-state index contributed by atoms with van der Waals surface area (Å²) in [6.07, 6.45) is 3.96. The van der Waals surface area contributed by atoms with Crippen LogP contribution in [-0.2, 0) is 11.8 Å². The molecule has 26 heavy (non-hydrogen) atoms. The number of imidazole rings is 1. The molecule has 0 unspecified atom stereocenters. The first-order chi connectivity index (χ1) is 12.5. The van der Waals surface area contributed by atoms with Crippen molar-refractivity contribution >= 4 is 28.3 Å². The zero-order valence-corrected chi connectivity index (χ0v) is 14.4. The van der Waals surface area contributed by atoms with E-state index in [-0.39, 0.29) is 17.7 Å². The number of carbonyl (C=O) groups is 1. The molecule has 0 radical (unpaired) electrons. The minimum absolute atomic E-state index is 0.173. The number of amides is 1. The van der Waals surface area contributed by atoms with Crippen molar-refractivity contribution in [2.45, 2.75) is 13.3 Å². The number of pyridine rings is 2. The monoisotopic (exact) mass is 347 g/mol. The normalized spacial score (nSPS) is 18.5. The molecule has 0 aromatic carbocycles. The maximum atomic E-state index is 12.1. The van der Waals surface area contributed by atoms with E-state index >= 15 is 0 Å². The Bertz CT molecular complexity index is 1080. The number of nitrogens with zero attached hydrogens (tertiary/aromatic N) is 5. The molecule has 0 aliphatic heterocycles. The molecule has 8 nitrogen and oxygen atoms in total. The van der Waals surface area contributed by atoms with Gasteiger partial charge in [-0.15, -0.1) is 0 Å². The third kappa shape index (κ3) is 2.63. The highest BCUT2D eigenvalue weighted by Crippen LogP contribution is 2.38. The summed E-state index contributed by atoms with van der Waals surface area (Å²) in [5, 5.41) is 13.2. The third-order valence-corrected chi connectivity index (χ3v) is 4.77. The number of nitriles is 1. The lowest BCUT2D eigenvalue weighted by atomic mass is 10.1. The van der Waals surface area contributed by atoms with Gasteiger partial charge in [-0.05, 0) is 30.9 Å². The summed E-state index contributed by atoms with van der Waals surface area (Å²) in [4.78, 5) is 25.1. The van der Waals surface area contributed by atoms with Gasteiger partial charge in [0.2, 0.25) is 5.91 Å².